The minimum Gasteiger partial charge on any atom is -0.484 e. The topological polar surface area (TPSA) is 67.4 Å². The number of carbonyl (C=O) groups excluding carboxylic acids is 2. The fourth-order valence-electron chi connectivity index (χ4n) is 1.43. The van der Waals surface area contributed by atoms with Gasteiger partial charge in [0.15, 0.2) is 6.61 Å². The molecular formula is C14H20N2O3. The Balaban J connectivity index is 2.23. The number of aryl methyl sites for hydroxylation is 1. The minimum absolute atomic E-state index is 0.127. The van der Waals surface area contributed by atoms with Crippen LogP contribution in [0.3, 0.4) is 0 Å². The first kappa shape index (κ1) is 15.0. The Kier molecular flexibility index (Phi) is 6.43. The number of nitrogens with one attached hydrogen (secondary N) is 2. The van der Waals surface area contributed by atoms with Crippen LogP contribution in [0.5, 0.6) is 5.75 Å². The van der Waals surface area contributed by atoms with Gasteiger partial charge in [-0.05, 0) is 31.0 Å². The number of benzene rings is 1. The Labute approximate surface area is 113 Å². The Morgan fingerprint density at radius 3 is 2.63 bits per heavy atom. The van der Waals surface area contributed by atoms with Crippen LogP contribution in [0.2, 0.25) is 0 Å². The average Bonchev–Trinajstić information content (AvgIpc) is 2.40. The fourth-order valence-corrected chi connectivity index (χ4v) is 1.43. The highest BCUT2D eigenvalue weighted by molar-refractivity contribution is 5.82. The molecule has 2 amide bonds. The van der Waals surface area contributed by atoms with Crippen molar-refractivity contribution in [1.82, 2.24) is 10.9 Å². The van der Waals surface area contributed by atoms with E-state index in [0.29, 0.717) is 12.2 Å². The van der Waals surface area contributed by atoms with Gasteiger partial charge < -0.3 is 4.74 Å². The number of ether oxygens (including phenoxy) is 1. The summed E-state index contributed by atoms with van der Waals surface area (Å²) in [5.41, 5.74) is 5.72. The van der Waals surface area contributed by atoms with Gasteiger partial charge in [-0.3, -0.25) is 20.4 Å². The van der Waals surface area contributed by atoms with Gasteiger partial charge in [0.1, 0.15) is 5.75 Å². The second kappa shape index (κ2) is 8.13. The maximum atomic E-state index is 11.4. The molecule has 0 atom stereocenters. The van der Waals surface area contributed by atoms with Crippen molar-refractivity contribution in [1.29, 1.82) is 0 Å². The lowest BCUT2D eigenvalue weighted by Crippen LogP contribution is -2.43. The van der Waals surface area contributed by atoms with E-state index >= 15 is 0 Å². The van der Waals surface area contributed by atoms with E-state index in [1.165, 1.54) is 0 Å². The lowest BCUT2D eigenvalue weighted by Gasteiger charge is -2.08. The summed E-state index contributed by atoms with van der Waals surface area (Å²) in [6.45, 7) is 3.82. The second-order valence-corrected chi connectivity index (χ2v) is 4.31. The molecular weight excluding hydrogens is 244 g/mol. The van der Waals surface area contributed by atoms with E-state index in [4.69, 9.17) is 4.74 Å². The van der Waals surface area contributed by atoms with E-state index < -0.39 is 0 Å². The highest BCUT2D eigenvalue weighted by atomic mass is 16.5. The molecule has 5 heteroatoms. The first-order chi connectivity index (χ1) is 9.11. The summed E-state index contributed by atoms with van der Waals surface area (Å²) in [7, 11) is 0. The number of amides is 2. The molecule has 0 heterocycles. The quantitative estimate of drug-likeness (QED) is 0.769. The SMILES string of the molecule is CCCCC(=O)NNC(=O)COc1cccc(C)c1. The summed E-state index contributed by atoms with van der Waals surface area (Å²) in [5, 5.41) is 0. The third-order valence-corrected chi connectivity index (χ3v) is 2.46. The molecule has 0 bridgehead atoms. The van der Waals surface area contributed by atoms with Crippen LogP contribution in [0.4, 0.5) is 0 Å². The summed E-state index contributed by atoms with van der Waals surface area (Å²) in [5.74, 6) is 0.0598. The Morgan fingerprint density at radius 1 is 1.21 bits per heavy atom. The molecule has 0 radical (unpaired) electrons. The maximum Gasteiger partial charge on any atom is 0.276 e. The molecule has 0 unspecified atom stereocenters. The monoisotopic (exact) mass is 264 g/mol. The predicted octanol–water partition coefficient (Wildman–Crippen LogP) is 1.71. The lowest BCUT2D eigenvalue weighted by molar-refractivity contribution is -0.130. The van der Waals surface area contributed by atoms with Crippen molar-refractivity contribution in [2.24, 2.45) is 0 Å². The van der Waals surface area contributed by atoms with Crippen molar-refractivity contribution in [2.45, 2.75) is 33.1 Å². The van der Waals surface area contributed by atoms with E-state index in [-0.39, 0.29) is 18.4 Å². The zero-order chi connectivity index (χ0) is 14.1. The molecule has 2 N–H and O–H groups in total. The summed E-state index contributed by atoms with van der Waals surface area (Å²) < 4.78 is 5.30. The zero-order valence-electron chi connectivity index (χ0n) is 11.4. The van der Waals surface area contributed by atoms with E-state index in [9.17, 15) is 9.59 Å². The number of hydrazine groups is 1. The van der Waals surface area contributed by atoms with Gasteiger partial charge in [0.25, 0.3) is 5.91 Å². The number of hydrogen-bond acceptors (Lipinski definition) is 3. The van der Waals surface area contributed by atoms with Crippen molar-refractivity contribution in [3.05, 3.63) is 29.8 Å². The molecule has 0 aromatic heterocycles. The summed E-state index contributed by atoms with van der Waals surface area (Å²) >= 11 is 0. The average molecular weight is 264 g/mol. The van der Waals surface area contributed by atoms with Crippen LogP contribution in [-0.2, 0) is 9.59 Å². The molecule has 1 rings (SSSR count). The molecule has 0 spiro atoms. The van der Waals surface area contributed by atoms with Crippen LogP contribution >= 0.6 is 0 Å². The van der Waals surface area contributed by atoms with Crippen LogP contribution in [0, 0.1) is 6.92 Å². The van der Waals surface area contributed by atoms with Gasteiger partial charge in [0, 0.05) is 6.42 Å². The molecule has 5 nitrogen and oxygen atoms in total. The summed E-state index contributed by atoms with van der Waals surface area (Å²) in [4.78, 5) is 22.7. The molecule has 0 aliphatic carbocycles. The van der Waals surface area contributed by atoms with Crippen LogP contribution in [0.25, 0.3) is 0 Å². The molecule has 0 fully saturated rings. The molecule has 19 heavy (non-hydrogen) atoms. The largest absolute Gasteiger partial charge is 0.484 e. The standard InChI is InChI=1S/C14H20N2O3/c1-3-4-8-13(17)15-16-14(18)10-19-12-7-5-6-11(2)9-12/h5-7,9H,3-4,8,10H2,1-2H3,(H,15,17)(H,16,18). The minimum atomic E-state index is -0.383. The van der Waals surface area contributed by atoms with Crippen molar-refractivity contribution in [3.8, 4) is 5.75 Å². The van der Waals surface area contributed by atoms with Gasteiger partial charge in [0.05, 0.1) is 0 Å². The van der Waals surface area contributed by atoms with E-state index in [1.807, 2.05) is 32.0 Å². The number of carbonyl (C=O) groups is 2. The van der Waals surface area contributed by atoms with Crippen LogP contribution in [0.1, 0.15) is 31.7 Å². The highest BCUT2D eigenvalue weighted by Gasteiger charge is 2.05. The number of rotatable bonds is 6. The van der Waals surface area contributed by atoms with Crippen molar-refractivity contribution in [3.63, 3.8) is 0 Å². The van der Waals surface area contributed by atoms with Gasteiger partial charge in [-0.1, -0.05) is 25.5 Å². The van der Waals surface area contributed by atoms with Gasteiger partial charge >= 0.3 is 0 Å². The third-order valence-electron chi connectivity index (χ3n) is 2.46. The first-order valence-corrected chi connectivity index (χ1v) is 6.39. The maximum absolute atomic E-state index is 11.4. The zero-order valence-corrected chi connectivity index (χ0v) is 11.4. The number of hydrogen-bond donors (Lipinski definition) is 2. The van der Waals surface area contributed by atoms with Crippen LogP contribution in [0.15, 0.2) is 24.3 Å². The molecule has 0 aliphatic rings. The van der Waals surface area contributed by atoms with Gasteiger partial charge in [-0.15, -0.1) is 0 Å². The van der Waals surface area contributed by atoms with E-state index in [0.717, 1.165) is 18.4 Å². The second-order valence-electron chi connectivity index (χ2n) is 4.31. The van der Waals surface area contributed by atoms with Gasteiger partial charge in [-0.2, -0.15) is 0 Å². The molecule has 0 saturated heterocycles. The number of unbranched alkanes of at least 4 members (excludes halogenated alkanes) is 1. The lowest BCUT2D eigenvalue weighted by atomic mass is 10.2. The highest BCUT2D eigenvalue weighted by Crippen LogP contribution is 2.11. The Morgan fingerprint density at radius 2 is 1.95 bits per heavy atom. The molecule has 1 aromatic rings. The van der Waals surface area contributed by atoms with Crippen molar-refractivity contribution in [2.75, 3.05) is 6.61 Å². The van der Waals surface area contributed by atoms with Gasteiger partial charge in [0.2, 0.25) is 5.91 Å². The smallest absolute Gasteiger partial charge is 0.276 e. The normalized spacial score (nSPS) is 9.79. The van der Waals surface area contributed by atoms with Crippen molar-refractivity contribution < 1.29 is 14.3 Å². The molecule has 0 aliphatic heterocycles. The first-order valence-electron chi connectivity index (χ1n) is 6.39. The third kappa shape index (κ3) is 6.45. The van der Waals surface area contributed by atoms with Gasteiger partial charge in [-0.25, -0.2) is 0 Å². The fraction of sp³-hybridized carbons (Fsp3) is 0.429. The van der Waals surface area contributed by atoms with Crippen LogP contribution < -0.4 is 15.6 Å². The summed E-state index contributed by atoms with van der Waals surface area (Å²) in [6, 6.07) is 7.42. The summed E-state index contributed by atoms with van der Waals surface area (Å²) in [6.07, 6.45) is 2.16. The van der Waals surface area contributed by atoms with E-state index in [2.05, 4.69) is 10.9 Å². The molecule has 0 saturated carbocycles. The predicted molar refractivity (Wildman–Crippen MR) is 72.5 cm³/mol. The van der Waals surface area contributed by atoms with Crippen molar-refractivity contribution >= 4 is 11.8 Å². The molecule has 104 valence electrons. The van der Waals surface area contributed by atoms with Crippen LogP contribution in [-0.4, -0.2) is 18.4 Å². The Bertz CT molecular complexity index is 432. The molecule has 1 aromatic carbocycles. The Hall–Kier alpha value is -2.04. The van der Waals surface area contributed by atoms with E-state index in [1.54, 1.807) is 6.07 Å².